The third-order valence-electron chi connectivity index (χ3n) is 7.62. The number of nitrogens with one attached hydrogen (secondary N) is 1. The van der Waals surface area contributed by atoms with E-state index in [1.807, 2.05) is 29.2 Å². The topological polar surface area (TPSA) is 161 Å². The monoisotopic (exact) mass is 578 g/mol. The Balaban J connectivity index is 0.000000367. The van der Waals surface area contributed by atoms with Crippen LogP contribution in [0.15, 0.2) is 36.9 Å². The highest BCUT2D eigenvalue weighted by Crippen LogP contribution is 2.26. The second kappa shape index (κ2) is 14.2. The number of nitrogen functional groups attached to an aromatic ring is 1. The molecule has 2 amide bonds. The van der Waals surface area contributed by atoms with Crippen LogP contribution >= 0.6 is 12.8 Å². The number of hydrogen-bond donors (Lipinski definition) is 4. The number of nitrogens with zero attached hydrogens (tertiary/aromatic N) is 7. The maximum absolute atomic E-state index is 11.7. The van der Waals surface area contributed by atoms with E-state index in [1.165, 1.54) is 6.08 Å². The molecule has 0 atom stereocenters. The van der Waals surface area contributed by atoms with Crippen LogP contribution in [0, 0.1) is 11.3 Å². The molecule has 1 aromatic heterocycles. The molecule has 0 bridgehead atoms. The predicted octanol–water partition coefficient (Wildman–Crippen LogP) is 2.00. The fourth-order valence-electron chi connectivity index (χ4n) is 5.31. The SMILES string of the molecule is C=CC(=O)N1CCCC1.N#Cc1nc(C(N)=O)c(Nc2ccc(N3CCC(N4CCN(S)CC4)CC3)cc2)nc1N. The molecule has 1 aromatic carbocycles. The van der Waals surface area contributed by atoms with Crippen molar-refractivity contribution < 1.29 is 9.59 Å². The Bertz CT molecular complexity index is 1260. The molecule has 5 N–H and O–H groups in total. The van der Waals surface area contributed by atoms with Gasteiger partial charge in [0, 0.05) is 69.8 Å². The summed E-state index contributed by atoms with van der Waals surface area (Å²) in [5.41, 5.74) is 12.7. The lowest BCUT2D eigenvalue weighted by Gasteiger charge is -2.42. The lowest BCUT2D eigenvalue weighted by atomic mass is 10.0. The molecule has 3 fully saturated rings. The second-order valence-electron chi connectivity index (χ2n) is 10.2. The number of piperazine rings is 1. The van der Waals surface area contributed by atoms with Gasteiger partial charge in [0.1, 0.15) is 6.07 Å². The van der Waals surface area contributed by atoms with Crippen molar-refractivity contribution in [2.45, 2.75) is 31.7 Å². The number of nitriles is 1. The van der Waals surface area contributed by atoms with Gasteiger partial charge in [0.05, 0.1) is 0 Å². The summed E-state index contributed by atoms with van der Waals surface area (Å²) < 4.78 is 2.09. The second-order valence-corrected chi connectivity index (χ2v) is 10.8. The van der Waals surface area contributed by atoms with E-state index >= 15 is 0 Å². The molecule has 218 valence electrons. The normalized spacial score (nSPS) is 18.2. The van der Waals surface area contributed by atoms with Crippen LogP contribution in [0.5, 0.6) is 0 Å². The summed E-state index contributed by atoms with van der Waals surface area (Å²) in [6.07, 6.45) is 5.98. The fourth-order valence-corrected chi connectivity index (χ4v) is 5.49. The summed E-state index contributed by atoms with van der Waals surface area (Å²) in [6, 6.07) is 10.3. The summed E-state index contributed by atoms with van der Waals surface area (Å²) in [6.45, 7) is 11.5. The summed E-state index contributed by atoms with van der Waals surface area (Å²) >= 11 is 4.44. The molecule has 0 spiro atoms. The summed E-state index contributed by atoms with van der Waals surface area (Å²) in [5.74, 6) is -0.640. The smallest absolute Gasteiger partial charge is 0.271 e. The van der Waals surface area contributed by atoms with Crippen LogP contribution in [-0.2, 0) is 4.79 Å². The van der Waals surface area contributed by atoms with Gasteiger partial charge in [-0.2, -0.15) is 5.26 Å². The Labute approximate surface area is 246 Å². The minimum absolute atomic E-state index is 0.0599. The van der Waals surface area contributed by atoms with Crippen LogP contribution in [0.1, 0.15) is 41.9 Å². The zero-order valence-electron chi connectivity index (χ0n) is 23.2. The van der Waals surface area contributed by atoms with Gasteiger partial charge in [0.25, 0.3) is 5.91 Å². The van der Waals surface area contributed by atoms with Crippen molar-refractivity contribution in [2.24, 2.45) is 5.73 Å². The van der Waals surface area contributed by atoms with Crippen LogP contribution in [-0.4, -0.2) is 94.3 Å². The number of benzene rings is 1. The molecule has 3 aliphatic rings. The van der Waals surface area contributed by atoms with Gasteiger partial charge in [-0.1, -0.05) is 19.4 Å². The first-order valence-corrected chi connectivity index (χ1v) is 14.3. The molecule has 41 heavy (non-hydrogen) atoms. The number of carbonyl (C=O) groups is 2. The van der Waals surface area contributed by atoms with Crippen molar-refractivity contribution in [1.82, 2.24) is 24.1 Å². The number of primary amides is 1. The number of nitrogens with two attached hydrogens (primary N) is 2. The molecule has 3 saturated heterocycles. The van der Waals surface area contributed by atoms with Crippen molar-refractivity contribution in [3.8, 4) is 6.07 Å². The van der Waals surface area contributed by atoms with E-state index < -0.39 is 5.91 Å². The molecule has 3 aliphatic heterocycles. The number of amides is 2. The maximum atomic E-state index is 11.7. The maximum Gasteiger partial charge on any atom is 0.271 e. The number of rotatable bonds is 6. The highest BCUT2D eigenvalue weighted by molar-refractivity contribution is 7.77. The first-order valence-electron chi connectivity index (χ1n) is 13.9. The van der Waals surface area contributed by atoms with Gasteiger partial charge >= 0.3 is 0 Å². The Morgan fingerprint density at radius 1 is 1.02 bits per heavy atom. The Morgan fingerprint density at radius 2 is 1.66 bits per heavy atom. The average Bonchev–Trinajstić information content (AvgIpc) is 3.53. The molecule has 13 heteroatoms. The van der Waals surface area contributed by atoms with Crippen molar-refractivity contribution in [3.63, 3.8) is 0 Å². The van der Waals surface area contributed by atoms with Crippen LogP contribution in [0.4, 0.5) is 23.0 Å². The van der Waals surface area contributed by atoms with Crippen molar-refractivity contribution in [2.75, 3.05) is 68.3 Å². The molecule has 0 unspecified atom stereocenters. The molecular weight excluding hydrogens is 540 g/mol. The molecule has 0 aliphatic carbocycles. The van der Waals surface area contributed by atoms with E-state index in [0.29, 0.717) is 11.7 Å². The number of thiol groups is 1. The molecular formula is C28H38N10O2S. The van der Waals surface area contributed by atoms with Gasteiger partial charge in [-0.25, -0.2) is 9.97 Å². The average molecular weight is 579 g/mol. The van der Waals surface area contributed by atoms with Crippen molar-refractivity contribution >= 4 is 47.6 Å². The minimum atomic E-state index is -0.785. The minimum Gasteiger partial charge on any atom is -0.381 e. The quantitative estimate of drug-likeness (QED) is 0.295. The van der Waals surface area contributed by atoms with Gasteiger partial charge in [0.15, 0.2) is 23.0 Å². The Kier molecular flexibility index (Phi) is 10.4. The number of hydrogen-bond acceptors (Lipinski definition) is 11. The van der Waals surface area contributed by atoms with Crippen molar-refractivity contribution in [3.05, 3.63) is 48.3 Å². The van der Waals surface area contributed by atoms with Gasteiger partial charge in [0.2, 0.25) is 5.91 Å². The molecule has 12 nitrogen and oxygen atoms in total. The van der Waals surface area contributed by atoms with E-state index in [9.17, 15) is 9.59 Å². The van der Waals surface area contributed by atoms with E-state index in [2.05, 4.69) is 48.8 Å². The Morgan fingerprint density at radius 3 is 2.22 bits per heavy atom. The van der Waals surface area contributed by atoms with Crippen molar-refractivity contribution in [1.29, 1.82) is 5.26 Å². The zero-order chi connectivity index (χ0) is 29.4. The van der Waals surface area contributed by atoms with Crippen LogP contribution in [0.3, 0.4) is 0 Å². The fraction of sp³-hybridized carbons (Fsp3) is 0.464. The lowest BCUT2D eigenvalue weighted by molar-refractivity contribution is -0.124. The zero-order valence-corrected chi connectivity index (χ0v) is 24.1. The number of carbonyl (C=O) groups excluding carboxylic acids is 2. The number of aromatic nitrogens is 2. The molecule has 2 aromatic rings. The summed E-state index contributed by atoms with van der Waals surface area (Å²) in [5, 5.41) is 12.1. The molecule has 5 rings (SSSR count). The Hall–Kier alpha value is -3.86. The van der Waals surface area contributed by atoms with E-state index in [0.717, 1.165) is 83.7 Å². The van der Waals surface area contributed by atoms with Crippen LogP contribution in [0.2, 0.25) is 0 Å². The summed E-state index contributed by atoms with van der Waals surface area (Å²) in [7, 11) is 0. The van der Waals surface area contributed by atoms with Gasteiger partial charge in [-0.15, -0.1) is 0 Å². The molecule has 0 radical (unpaired) electrons. The van der Waals surface area contributed by atoms with E-state index in [-0.39, 0.29) is 28.9 Å². The lowest BCUT2D eigenvalue weighted by Crippen LogP contribution is -2.51. The van der Waals surface area contributed by atoms with Crippen LogP contribution < -0.4 is 21.7 Å². The molecule has 4 heterocycles. The molecule has 0 saturated carbocycles. The number of likely N-dealkylation sites (tertiary alicyclic amines) is 1. The largest absolute Gasteiger partial charge is 0.381 e. The highest BCUT2D eigenvalue weighted by atomic mass is 32.1. The van der Waals surface area contributed by atoms with Gasteiger partial charge in [-0.05, 0) is 56.0 Å². The third-order valence-corrected chi connectivity index (χ3v) is 8.02. The van der Waals surface area contributed by atoms with E-state index in [4.69, 9.17) is 16.7 Å². The standard InChI is InChI=1S/C21H27N9OS.C7H11NO/c22-13-17-19(23)27-21(18(26-17)20(24)31)25-14-1-3-15(4-2-14)28-7-5-16(6-8-28)29-9-11-30(32)12-10-29;1-2-7(9)8-5-3-4-6-8/h1-4,16,32H,5-12H2,(H2,24,31)(H3,23,25,27);2H,1,3-6H2. The third kappa shape index (κ3) is 7.87. The summed E-state index contributed by atoms with van der Waals surface area (Å²) in [4.78, 5) is 37.4. The van der Waals surface area contributed by atoms with Gasteiger partial charge in [-0.3, -0.25) is 18.8 Å². The van der Waals surface area contributed by atoms with Crippen LogP contribution in [0.25, 0.3) is 0 Å². The predicted molar refractivity (Wildman–Crippen MR) is 163 cm³/mol. The highest BCUT2D eigenvalue weighted by Gasteiger charge is 2.27. The first-order chi connectivity index (χ1) is 19.8. The number of anilines is 4. The van der Waals surface area contributed by atoms with E-state index in [1.54, 1.807) is 6.07 Å². The number of piperidine rings is 1. The van der Waals surface area contributed by atoms with Gasteiger partial charge < -0.3 is 26.6 Å². The first kappa shape index (κ1) is 30.1.